The molecule has 0 aliphatic heterocycles. The molecule has 4 heterocycles. The fourth-order valence-corrected chi connectivity index (χ4v) is 9.22. The van der Waals surface area contributed by atoms with Crippen LogP contribution in [0.4, 0.5) is 11.4 Å². The zero-order valence-electron chi connectivity index (χ0n) is 34.8. The highest BCUT2D eigenvalue weighted by Gasteiger charge is 2.30. The van der Waals surface area contributed by atoms with Crippen molar-refractivity contribution in [2.45, 2.75) is 23.6 Å². The number of aromatic nitrogens is 6. The van der Waals surface area contributed by atoms with Crippen molar-refractivity contribution in [3.8, 4) is 11.4 Å². The van der Waals surface area contributed by atoms with E-state index in [0.717, 1.165) is 49.4 Å². The van der Waals surface area contributed by atoms with Crippen molar-refractivity contribution >= 4 is 114 Å². The van der Waals surface area contributed by atoms with Gasteiger partial charge in [-0.05, 0) is 102 Å². The van der Waals surface area contributed by atoms with Crippen LogP contribution in [-0.2, 0) is 41.5 Å². The van der Waals surface area contributed by atoms with Crippen LogP contribution in [0.5, 0.6) is 0 Å². The number of carbonyl (C=O) groups excluding carboxylic acids is 1. The molecule has 0 saturated carbocycles. The standard InChI is InChI=1S/C43H30N8O7S2.2O3S/c1-25-21-40(49-48-39-20-13-30-22-33(59(53,54)55)17-18-35(30)43(39)51(48)49)36(26(2)52)24-37(25)45-44-31-14-8-27(9-15-31)7-10-29-11-16-32(23-41(29)60(56,57)58)46-47-38-19-12-28-5-3-4-6-34(28)42(38)50(46)47;2*1-4(2)3/h3-24H,1-2H3,(H,53,54,55)(H,56,57,58);;. The predicted molar refractivity (Wildman–Crippen MR) is 246 cm³/mol. The van der Waals surface area contributed by atoms with Gasteiger partial charge in [-0.25, -0.2) is 0 Å². The molecule has 0 bridgehead atoms. The molecule has 0 fully saturated rings. The van der Waals surface area contributed by atoms with Crippen LogP contribution < -0.4 is 0 Å². The van der Waals surface area contributed by atoms with Crippen LogP contribution in [0.3, 0.4) is 0 Å². The summed E-state index contributed by atoms with van der Waals surface area (Å²) in [4.78, 5) is 16.3. The highest BCUT2D eigenvalue weighted by Crippen LogP contribution is 2.37. The van der Waals surface area contributed by atoms with E-state index in [-0.39, 0.29) is 15.6 Å². The number of fused-ring (bicyclic) bond motifs is 12. The second-order valence-electron chi connectivity index (χ2n) is 15.1. The molecule has 0 amide bonds. The van der Waals surface area contributed by atoms with Crippen LogP contribution in [0, 0.1) is 6.92 Å². The summed E-state index contributed by atoms with van der Waals surface area (Å²) in [7, 11) is -15.1. The van der Waals surface area contributed by atoms with Crippen LogP contribution >= 0.6 is 0 Å². The Bertz CT molecular complexity index is 4340. The summed E-state index contributed by atoms with van der Waals surface area (Å²) in [5.74, 6) is -0.170. The van der Waals surface area contributed by atoms with Gasteiger partial charge < -0.3 is 0 Å². The first-order valence-corrected chi connectivity index (χ1v) is 24.5. The van der Waals surface area contributed by atoms with E-state index < -0.39 is 41.5 Å². The Morgan fingerprint density at radius 2 is 1.21 bits per heavy atom. The molecule has 0 saturated heterocycles. The number of ketones is 1. The van der Waals surface area contributed by atoms with Gasteiger partial charge in [0.2, 0.25) is 0 Å². The number of benzene rings is 7. The maximum Gasteiger partial charge on any atom is 0.425 e. The lowest BCUT2D eigenvalue weighted by molar-refractivity contribution is 0.101. The van der Waals surface area contributed by atoms with E-state index in [0.29, 0.717) is 39.3 Å². The van der Waals surface area contributed by atoms with Gasteiger partial charge >= 0.3 is 21.2 Å². The molecule has 0 unspecified atom stereocenters. The van der Waals surface area contributed by atoms with Crippen molar-refractivity contribution in [1.29, 1.82) is 0 Å². The van der Waals surface area contributed by atoms with Gasteiger partial charge in [0.1, 0.15) is 27.0 Å². The zero-order valence-corrected chi connectivity index (χ0v) is 38.1. The predicted octanol–water partition coefficient (Wildman–Crippen LogP) is 7.04. The molecule has 0 spiro atoms. The summed E-state index contributed by atoms with van der Waals surface area (Å²) < 4.78 is 127. The van der Waals surface area contributed by atoms with Gasteiger partial charge in [0, 0.05) is 16.3 Å². The smallest absolute Gasteiger partial charge is 0.294 e. The maximum atomic E-state index is 12.9. The number of azo groups is 1. The molecule has 21 nitrogen and oxygen atoms in total. The van der Waals surface area contributed by atoms with Crippen molar-refractivity contribution in [1.82, 2.24) is 28.1 Å². The normalized spacial score (nSPS) is 12.4. The van der Waals surface area contributed by atoms with Crippen LogP contribution in [0.2, 0.25) is 0 Å². The first-order chi connectivity index (χ1) is 32.2. The van der Waals surface area contributed by atoms with Crippen LogP contribution in [0.15, 0.2) is 141 Å². The molecule has 4 aromatic heterocycles. The van der Waals surface area contributed by atoms with Crippen molar-refractivity contribution < 1.29 is 56.0 Å². The summed E-state index contributed by atoms with van der Waals surface area (Å²) in [5, 5.41) is 12.5. The number of hydrogen-bond donors (Lipinski definition) is 2. The van der Waals surface area contributed by atoms with E-state index in [9.17, 15) is 30.7 Å². The minimum absolute atomic E-state index is 0.170. The van der Waals surface area contributed by atoms with Gasteiger partial charge in [0.05, 0.1) is 27.6 Å². The molecule has 25 heteroatoms. The number of nitrogens with zero attached hydrogens (tertiary/aromatic N) is 8. The molecular formula is C43H30N8O13S4. The monoisotopic (exact) mass is 994 g/mol. The SMILES string of the molecule is CC(=O)c1cc(N=Nc2ccc(C=Cc3ccc(-n4n5c6ccc7ccccc7c6n45)cc3S(=O)(=O)O)cc2)c(C)cc1-n1n2c3ccc4cc(S(=O)(=O)O)ccc4c3n12.O=S(=O)=O.O=S(=O)=O. The van der Waals surface area contributed by atoms with Crippen molar-refractivity contribution in [3.05, 3.63) is 144 Å². The van der Waals surface area contributed by atoms with Gasteiger partial charge in [-0.2, -0.15) is 31.9 Å². The molecule has 68 heavy (non-hydrogen) atoms. The fraction of sp³-hybridized carbons (Fsp3) is 0.0465. The molecule has 11 aromatic rings. The number of Topliss-reactive ketones (excluding diaryl/α,β-unsaturated/α-hetero) is 1. The molecule has 0 aliphatic carbocycles. The van der Waals surface area contributed by atoms with Crippen LogP contribution in [0.25, 0.3) is 67.1 Å². The third-order valence-corrected chi connectivity index (χ3v) is 12.8. The Morgan fingerprint density at radius 3 is 1.84 bits per heavy atom. The number of aryl methyl sites for hydroxylation is 1. The summed E-state index contributed by atoms with van der Waals surface area (Å²) in [5.41, 5.74) is 8.34. The average Bonchev–Trinajstić information content (AvgIpc) is 4.13. The molecule has 7 aromatic carbocycles. The minimum Gasteiger partial charge on any atom is -0.294 e. The lowest BCUT2D eigenvalue weighted by Gasteiger charge is -2.07. The van der Waals surface area contributed by atoms with E-state index in [1.807, 2.05) is 95.7 Å². The fourth-order valence-electron chi connectivity index (χ4n) is 8.00. The molecular weight excluding hydrogens is 965 g/mol. The van der Waals surface area contributed by atoms with Crippen molar-refractivity contribution in [3.63, 3.8) is 0 Å². The Hall–Kier alpha value is -8.07. The zero-order chi connectivity index (χ0) is 48.6. The third kappa shape index (κ3) is 8.24. The minimum atomic E-state index is -4.56. The lowest BCUT2D eigenvalue weighted by Crippen LogP contribution is -2.02. The summed E-state index contributed by atoms with van der Waals surface area (Å²) in [6.45, 7) is 3.36. The summed E-state index contributed by atoms with van der Waals surface area (Å²) >= 11 is 0. The number of rotatable bonds is 9. The van der Waals surface area contributed by atoms with E-state index in [4.69, 9.17) is 25.3 Å². The first kappa shape index (κ1) is 45.1. The van der Waals surface area contributed by atoms with Gasteiger partial charge in [-0.15, -0.1) is 48.6 Å². The van der Waals surface area contributed by atoms with Crippen LogP contribution in [-0.4, -0.2) is 85.1 Å². The highest BCUT2D eigenvalue weighted by atomic mass is 32.2. The average molecular weight is 995 g/mol. The first-order valence-electron chi connectivity index (χ1n) is 19.6. The van der Waals surface area contributed by atoms with E-state index in [2.05, 4.69) is 10.2 Å². The molecule has 11 rings (SSSR count). The Kier molecular flexibility index (Phi) is 11.1. The molecule has 0 aliphatic rings. The summed E-state index contributed by atoms with van der Waals surface area (Å²) in [6.07, 6.45) is 3.38. The highest BCUT2D eigenvalue weighted by molar-refractivity contribution is 7.86. The van der Waals surface area contributed by atoms with E-state index in [1.165, 1.54) is 25.1 Å². The van der Waals surface area contributed by atoms with E-state index >= 15 is 0 Å². The molecule has 2 N–H and O–H groups in total. The number of carbonyl (C=O) groups is 1. The Balaban J connectivity index is 0.000000672. The molecule has 344 valence electrons. The van der Waals surface area contributed by atoms with E-state index in [1.54, 1.807) is 54.6 Å². The van der Waals surface area contributed by atoms with Crippen molar-refractivity contribution in [2.24, 2.45) is 10.2 Å². The second kappa shape index (κ2) is 16.7. The summed E-state index contributed by atoms with van der Waals surface area (Å²) in [6, 6.07) is 35.8. The van der Waals surface area contributed by atoms with Crippen molar-refractivity contribution in [2.75, 3.05) is 0 Å². The molecule has 0 radical (unpaired) electrons. The third-order valence-electron chi connectivity index (χ3n) is 11.0. The van der Waals surface area contributed by atoms with Gasteiger partial charge in [0.25, 0.3) is 20.2 Å². The second-order valence-corrected chi connectivity index (χ2v) is 18.8. The maximum absolute atomic E-state index is 12.9. The van der Waals surface area contributed by atoms with Gasteiger partial charge in [-0.3, -0.25) is 13.9 Å². The molecule has 0 atom stereocenters. The van der Waals surface area contributed by atoms with Crippen LogP contribution in [0.1, 0.15) is 34.0 Å². The largest absolute Gasteiger partial charge is 0.425 e. The Morgan fingerprint density at radius 1 is 0.603 bits per heavy atom. The lowest BCUT2D eigenvalue weighted by atomic mass is 10.0. The topological polar surface area (TPSA) is 280 Å². The quantitative estimate of drug-likeness (QED) is 0.0636. The van der Waals surface area contributed by atoms with Gasteiger partial charge in [0.15, 0.2) is 5.78 Å². The Labute approximate surface area is 385 Å². The van der Waals surface area contributed by atoms with Gasteiger partial charge in [-0.1, -0.05) is 72.8 Å². The number of hydrogen-bond acceptors (Lipinski definition) is 13.